The van der Waals surface area contributed by atoms with E-state index in [4.69, 9.17) is 4.42 Å². The largest absolute Gasteiger partial charge is 0.408 e. The van der Waals surface area contributed by atoms with Crippen LogP contribution in [0.4, 0.5) is 10.1 Å². The zero-order valence-electron chi connectivity index (χ0n) is 14.7. The number of amides is 1. The molecule has 0 saturated carbocycles. The van der Waals surface area contributed by atoms with E-state index in [2.05, 4.69) is 10.2 Å². The topological polar surface area (TPSA) is 93.4 Å². The summed E-state index contributed by atoms with van der Waals surface area (Å²) in [6.07, 6.45) is 1.61. The average Bonchev–Trinajstić information content (AvgIpc) is 3.19. The van der Waals surface area contributed by atoms with Gasteiger partial charge in [-0.15, -0.1) is 5.10 Å². The SMILES string of the molecule is O=C(CS(=O)(=O)c1nnc(-c2ccc(F)cc2)o1)N1CCCc2ccccc21. The molecular weight excluding hydrogens is 385 g/mol. The van der Waals surface area contributed by atoms with Gasteiger partial charge in [-0.1, -0.05) is 23.3 Å². The summed E-state index contributed by atoms with van der Waals surface area (Å²) in [5, 5.41) is 6.62. The number of aromatic nitrogens is 2. The maximum Gasteiger partial charge on any atom is 0.336 e. The lowest BCUT2D eigenvalue weighted by molar-refractivity contribution is -0.116. The van der Waals surface area contributed by atoms with Gasteiger partial charge in [0.25, 0.3) is 0 Å². The molecule has 0 fully saturated rings. The van der Waals surface area contributed by atoms with Gasteiger partial charge >= 0.3 is 5.22 Å². The van der Waals surface area contributed by atoms with Crippen molar-refractivity contribution in [2.24, 2.45) is 0 Å². The van der Waals surface area contributed by atoms with Gasteiger partial charge in [0.05, 0.1) is 0 Å². The second kappa shape index (κ2) is 7.16. The van der Waals surface area contributed by atoms with Crippen LogP contribution in [0.2, 0.25) is 0 Å². The third-order valence-corrected chi connectivity index (χ3v) is 5.81. The molecule has 144 valence electrons. The number of fused-ring (bicyclic) bond motifs is 1. The van der Waals surface area contributed by atoms with Gasteiger partial charge < -0.3 is 9.32 Å². The Balaban J connectivity index is 1.55. The Kier molecular flexibility index (Phi) is 4.68. The lowest BCUT2D eigenvalue weighted by atomic mass is 10.0. The minimum absolute atomic E-state index is 0.0608. The Morgan fingerprint density at radius 3 is 2.64 bits per heavy atom. The third kappa shape index (κ3) is 3.53. The smallest absolute Gasteiger partial charge is 0.336 e. The Hall–Kier alpha value is -3.07. The molecule has 0 radical (unpaired) electrons. The predicted molar refractivity (Wildman–Crippen MR) is 98.9 cm³/mol. The van der Waals surface area contributed by atoms with Crippen LogP contribution in [0.5, 0.6) is 0 Å². The van der Waals surface area contributed by atoms with Crippen molar-refractivity contribution < 1.29 is 22.0 Å². The number of sulfone groups is 1. The number of para-hydroxylation sites is 1. The average molecular weight is 401 g/mol. The molecule has 1 amide bonds. The number of carbonyl (C=O) groups is 1. The van der Waals surface area contributed by atoms with Crippen molar-refractivity contribution in [1.82, 2.24) is 10.2 Å². The highest BCUT2D eigenvalue weighted by Crippen LogP contribution is 2.27. The van der Waals surface area contributed by atoms with Crippen molar-refractivity contribution in [3.63, 3.8) is 0 Å². The number of aryl methyl sites for hydroxylation is 1. The maximum atomic E-state index is 13.0. The van der Waals surface area contributed by atoms with Crippen LogP contribution in [-0.2, 0) is 21.1 Å². The van der Waals surface area contributed by atoms with E-state index < -0.39 is 32.5 Å². The summed E-state index contributed by atoms with van der Waals surface area (Å²) >= 11 is 0. The summed E-state index contributed by atoms with van der Waals surface area (Å²) in [5.41, 5.74) is 2.12. The fraction of sp³-hybridized carbons (Fsp3) is 0.211. The number of hydrogen-bond acceptors (Lipinski definition) is 6. The van der Waals surface area contributed by atoms with Crippen LogP contribution in [0.15, 0.2) is 58.2 Å². The fourth-order valence-corrected chi connectivity index (χ4v) is 4.12. The van der Waals surface area contributed by atoms with E-state index in [1.165, 1.54) is 29.2 Å². The molecule has 0 saturated heterocycles. The summed E-state index contributed by atoms with van der Waals surface area (Å²) in [7, 11) is -4.11. The molecular formula is C19H16FN3O4S. The van der Waals surface area contributed by atoms with Gasteiger partial charge in [0, 0.05) is 17.8 Å². The summed E-state index contributed by atoms with van der Waals surface area (Å²) < 4.78 is 43.4. The first kappa shape index (κ1) is 18.3. The first-order chi connectivity index (χ1) is 13.4. The van der Waals surface area contributed by atoms with Crippen LogP contribution < -0.4 is 4.90 Å². The second-order valence-corrected chi connectivity index (χ2v) is 8.28. The highest BCUT2D eigenvalue weighted by Gasteiger charge is 2.31. The quantitative estimate of drug-likeness (QED) is 0.667. The van der Waals surface area contributed by atoms with Gasteiger partial charge in [0.1, 0.15) is 11.6 Å². The molecule has 0 atom stereocenters. The molecule has 0 unspecified atom stereocenters. The first-order valence-electron chi connectivity index (χ1n) is 8.64. The van der Waals surface area contributed by atoms with E-state index in [-0.39, 0.29) is 5.89 Å². The second-order valence-electron chi connectivity index (χ2n) is 6.42. The van der Waals surface area contributed by atoms with E-state index in [1.54, 1.807) is 6.07 Å². The molecule has 9 heteroatoms. The molecule has 1 aromatic heterocycles. The number of rotatable bonds is 4. The van der Waals surface area contributed by atoms with Gasteiger partial charge in [-0.25, -0.2) is 12.8 Å². The molecule has 2 aromatic carbocycles. The Labute approximate surface area is 160 Å². The van der Waals surface area contributed by atoms with Crippen LogP contribution in [-0.4, -0.2) is 36.8 Å². The number of halogens is 1. The van der Waals surface area contributed by atoms with Crippen molar-refractivity contribution in [3.8, 4) is 11.5 Å². The highest BCUT2D eigenvalue weighted by molar-refractivity contribution is 7.91. The summed E-state index contributed by atoms with van der Waals surface area (Å²) in [4.78, 5) is 14.2. The number of carbonyl (C=O) groups excluding carboxylic acids is 1. The van der Waals surface area contributed by atoms with Gasteiger partial charge in [0.2, 0.25) is 21.6 Å². The first-order valence-corrected chi connectivity index (χ1v) is 10.3. The number of nitrogens with zero attached hydrogens (tertiary/aromatic N) is 3. The van der Waals surface area contributed by atoms with E-state index in [1.807, 2.05) is 18.2 Å². The van der Waals surface area contributed by atoms with Crippen LogP contribution in [0.3, 0.4) is 0 Å². The van der Waals surface area contributed by atoms with Crippen LogP contribution in [0.1, 0.15) is 12.0 Å². The Morgan fingerprint density at radius 2 is 1.86 bits per heavy atom. The molecule has 1 aliphatic heterocycles. The van der Waals surface area contributed by atoms with Crippen LogP contribution in [0.25, 0.3) is 11.5 Å². The van der Waals surface area contributed by atoms with Crippen LogP contribution in [0, 0.1) is 5.82 Å². The Morgan fingerprint density at radius 1 is 1.11 bits per heavy atom. The molecule has 4 rings (SSSR count). The lowest BCUT2D eigenvalue weighted by Gasteiger charge is -2.29. The van der Waals surface area contributed by atoms with Gasteiger partial charge in [-0.2, -0.15) is 0 Å². The standard InChI is InChI=1S/C19H16FN3O4S/c20-15-9-7-14(8-10-15)18-21-22-19(27-18)28(25,26)12-17(24)23-11-3-5-13-4-1-2-6-16(13)23/h1-2,4,6-10H,3,5,11-12H2. The number of anilines is 1. The maximum absolute atomic E-state index is 13.0. The van der Waals surface area contributed by atoms with Crippen molar-refractivity contribution in [3.05, 3.63) is 59.9 Å². The number of benzene rings is 2. The summed E-state index contributed by atoms with van der Waals surface area (Å²) in [6, 6.07) is 12.6. The van der Waals surface area contributed by atoms with Gasteiger partial charge in [0.15, 0.2) is 0 Å². The van der Waals surface area contributed by atoms with E-state index in [0.29, 0.717) is 12.1 Å². The van der Waals surface area contributed by atoms with Crippen molar-refractivity contribution in [1.29, 1.82) is 0 Å². The third-order valence-electron chi connectivity index (χ3n) is 4.49. The zero-order chi connectivity index (χ0) is 19.7. The van der Waals surface area contributed by atoms with E-state index in [9.17, 15) is 17.6 Å². The summed E-state index contributed by atoms with van der Waals surface area (Å²) in [5.74, 6) is -1.82. The zero-order valence-corrected chi connectivity index (χ0v) is 15.5. The summed E-state index contributed by atoms with van der Waals surface area (Å²) in [6.45, 7) is 0.454. The molecule has 0 aliphatic carbocycles. The minimum Gasteiger partial charge on any atom is -0.408 e. The molecule has 2 heterocycles. The van der Waals surface area contributed by atoms with Gasteiger partial charge in [-0.3, -0.25) is 4.79 Å². The fourth-order valence-electron chi connectivity index (χ4n) is 3.14. The normalized spacial score (nSPS) is 14.0. The molecule has 28 heavy (non-hydrogen) atoms. The van der Waals surface area contributed by atoms with E-state index in [0.717, 1.165) is 24.1 Å². The highest BCUT2D eigenvalue weighted by atomic mass is 32.2. The Bertz CT molecular complexity index is 1130. The molecule has 0 bridgehead atoms. The van der Waals surface area contributed by atoms with Gasteiger partial charge in [-0.05, 0) is 48.7 Å². The van der Waals surface area contributed by atoms with Crippen molar-refractivity contribution in [2.45, 2.75) is 18.1 Å². The van der Waals surface area contributed by atoms with Crippen LogP contribution >= 0.6 is 0 Å². The van der Waals surface area contributed by atoms with Crippen molar-refractivity contribution >= 4 is 21.4 Å². The van der Waals surface area contributed by atoms with Crippen molar-refractivity contribution in [2.75, 3.05) is 17.2 Å². The molecule has 1 aliphatic rings. The molecule has 0 N–H and O–H groups in total. The van der Waals surface area contributed by atoms with E-state index >= 15 is 0 Å². The molecule has 3 aromatic rings. The number of hydrogen-bond donors (Lipinski definition) is 0. The minimum atomic E-state index is -4.11. The lowest BCUT2D eigenvalue weighted by Crippen LogP contribution is -2.39. The predicted octanol–water partition coefficient (Wildman–Crippen LogP) is 2.63. The molecule has 0 spiro atoms. The molecule has 7 nitrogen and oxygen atoms in total. The monoisotopic (exact) mass is 401 g/mol.